The molecular weight excluding hydrogens is 262 g/mol. The number of hydrogen-bond donors (Lipinski definition) is 1. The van der Waals surface area contributed by atoms with E-state index in [1.54, 1.807) is 0 Å². The van der Waals surface area contributed by atoms with Gasteiger partial charge in [-0.15, -0.1) is 0 Å². The van der Waals surface area contributed by atoms with Crippen LogP contribution in [0.5, 0.6) is 0 Å². The van der Waals surface area contributed by atoms with E-state index in [2.05, 4.69) is 4.98 Å². The van der Waals surface area contributed by atoms with Crippen LogP contribution in [-0.2, 0) is 0 Å². The van der Waals surface area contributed by atoms with Gasteiger partial charge in [-0.1, -0.05) is 12.1 Å². The fourth-order valence-corrected chi connectivity index (χ4v) is 2.95. The number of fused-ring (bicyclic) bond motifs is 1. The summed E-state index contributed by atoms with van der Waals surface area (Å²) in [5.74, 6) is 0.0534. The van der Waals surface area contributed by atoms with Crippen LogP contribution in [0.1, 0.15) is 34.5 Å². The average molecular weight is 283 g/mol. The number of benzene rings is 1. The highest BCUT2D eigenvalue weighted by Crippen LogP contribution is 2.20. The largest absolute Gasteiger partial charge is 0.337 e. The van der Waals surface area contributed by atoms with E-state index >= 15 is 0 Å². The highest BCUT2D eigenvalue weighted by Gasteiger charge is 2.24. The third-order valence-electron chi connectivity index (χ3n) is 4.14. The predicted octanol–water partition coefficient (Wildman–Crippen LogP) is 2.41. The molecule has 0 aliphatic carbocycles. The van der Waals surface area contributed by atoms with E-state index in [0.717, 1.165) is 36.0 Å². The molecule has 2 aromatic rings. The molecule has 0 radical (unpaired) electrons. The molecular formula is C17H21N3O. The van der Waals surface area contributed by atoms with Gasteiger partial charge in [-0.25, -0.2) is 0 Å². The molecule has 1 saturated heterocycles. The second-order valence-corrected chi connectivity index (χ2v) is 5.97. The lowest BCUT2D eigenvalue weighted by Gasteiger charge is -2.31. The summed E-state index contributed by atoms with van der Waals surface area (Å²) in [6, 6.07) is 8.17. The second kappa shape index (κ2) is 5.45. The Labute approximate surface area is 125 Å². The number of carbonyl (C=O) groups excluding carboxylic acids is 1. The Bertz CT molecular complexity index is 696. The molecule has 4 nitrogen and oxygen atoms in total. The van der Waals surface area contributed by atoms with Crippen molar-refractivity contribution in [2.45, 2.75) is 32.7 Å². The minimum Gasteiger partial charge on any atom is -0.337 e. The van der Waals surface area contributed by atoms with Gasteiger partial charge in [0, 0.05) is 24.5 Å². The molecule has 110 valence electrons. The summed E-state index contributed by atoms with van der Waals surface area (Å²) in [7, 11) is 0. The van der Waals surface area contributed by atoms with Crippen molar-refractivity contribution in [1.82, 2.24) is 9.88 Å². The molecule has 4 heteroatoms. The molecule has 1 aliphatic heterocycles. The SMILES string of the molecule is Cc1ccc2cc(C(=O)N3CCCC(N)C3)c(C)nc2c1. The van der Waals surface area contributed by atoms with Crippen LogP contribution in [0.25, 0.3) is 10.9 Å². The maximum Gasteiger partial charge on any atom is 0.255 e. The normalized spacial score (nSPS) is 19.0. The Morgan fingerprint density at radius 2 is 2.14 bits per heavy atom. The molecule has 3 rings (SSSR count). The van der Waals surface area contributed by atoms with Crippen LogP contribution in [0.2, 0.25) is 0 Å². The first-order valence-electron chi connectivity index (χ1n) is 7.47. The van der Waals surface area contributed by atoms with Gasteiger partial charge in [-0.05, 0) is 44.4 Å². The Hall–Kier alpha value is -1.94. The first kappa shape index (κ1) is 14.0. The molecule has 0 spiro atoms. The second-order valence-electron chi connectivity index (χ2n) is 5.97. The third kappa shape index (κ3) is 2.76. The Morgan fingerprint density at radius 3 is 2.90 bits per heavy atom. The van der Waals surface area contributed by atoms with Gasteiger partial charge in [0.1, 0.15) is 0 Å². The van der Waals surface area contributed by atoms with Crippen molar-refractivity contribution in [2.75, 3.05) is 13.1 Å². The summed E-state index contributed by atoms with van der Waals surface area (Å²) in [6.45, 7) is 5.38. The van der Waals surface area contributed by atoms with Gasteiger partial charge < -0.3 is 10.6 Å². The molecule has 0 saturated carbocycles. The van der Waals surface area contributed by atoms with Crippen LogP contribution >= 0.6 is 0 Å². The number of pyridine rings is 1. The molecule has 1 aromatic heterocycles. The summed E-state index contributed by atoms with van der Waals surface area (Å²) < 4.78 is 0. The summed E-state index contributed by atoms with van der Waals surface area (Å²) in [6.07, 6.45) is 1.98. The van der Waals surface area contributed by atoms with Crippen LogP contribution in [0.4, 0.5) is 0 Å². The van der Waals surface area contributed by atoms with E-state index in [9.17, 15) is 4.79 Å². The molecule has 0 bridgehead atoms. The summed E-state index contributed by atoms with van der Waals surface area (Å²) in [4.78, 5) is 19.2. The zero-order valence-electron chi connectivity index (χ0n) is 12.6. The van der Waals surface area contributed by atoms with Crippen molar-refractivity contribution in [2.24, 2.45) is 5.73 Å². The van der Waals surface area contributed by atoms with E-state index in [0.29, 0.717) is 12.1 Å². The van der Waals surface area contributed by atoms with Crippen molar-refractivity contribution in [3.63, 3.8) is 0 Å². The van der Waals surface area contributed by atoms with E-state index in [1.807, 2.05) is 43.0 Å². The summed E-state index contributed by atoms with van der Waals surface area (Å²) in [5.41, 5.74) is 9.58. The van der Waals surface area contributed by atoms with Gasteiger partial charge in [0.15, 0.2) is 0 Å². The fraction of sp³-hybridized carbons (Fsp3) is 0.412. The van der Waals surface area contributed by atoms with Gasteiger partial charge in [0.05, 0.1) is 16.8 Å². The van der Waals surface area contributed by atoms with E-state index in [4.69, 9.17) is 5.73 Å². The minimum atomic E-state index is 0.0534. The number of aromatic nitrogens is 1. The first-order valence-corrected chi connectivity index (χ1v) is 7.47. The van der Waals surface area contributed by atoms with Gasteiger partial charge in [-0.2, -0.15) is 0 Å². The zero-order chi connectivity index (χ0) is 15.0. The monoisotopic (exact) mass is 283 g/mol. The number of carbonyl (C=O) groups is 1. The number of piperidine rings is 1. The number of nitrogens with zero attached hydrogens (tertiary/aromatic N) is 2. The third-order valence-corrected chi connectivity index (χ3v) is 4.14. The quantitative estimate of drug-likeness (QED) is 0.874. The van der Waals surface area contributed by atoms with Crippen molar-refractivity contribution in [1.29, 1.82) is 0 Å². The summed E-state index contributed by atoms with van der Waals surface area (Å²) in [5, 5.41) is 1.01. The number of amides is 1. The van der Waals surface area contributed by atoms with Crippen LogP contribution in [0.3, 0.4) is 0 Å². The molecule has 1 amide bonds. The number of likely N-dealkylation sites (tertiary alicyclic amines) is 1. The van der Waals surface area contributed by atoms with Crippen molar-refractivity contribution in [3.8, 4) is 0 Å². The topological polar surface area (TPSA) is 59.2 Å². The number of aryl methyl sites for hydroxylation is 2. The van der Waals surface area contributed by atoms with E-state index in [1.165, 1.54) is 5.56 Å². The molecule has 1 atom stereocenters. The molecule has 1 fully saturated rings. The first-order chi connectivity index (χ1) is 10.0. The van der Waals surface area contributed by atoms with Gasteiger partial charge in [0.2, 0.25) is 0 Å². The predicted molar refractivity (Wildman–Crippen MR) is 84.3 cm³/mol. The maximum absolute atomic E-state index is 12.7. The highest BCUT2D eigenvalue weighted by molar-refractivity contribution is 5.98. The Balaban J connectivity index is 1.97. The lowest BCUT2D eigenvalue weighted by molar-refractivity contribution is 0.0708. The van der Waals surface area contributed by atoms with Gasteiger partial charge in [0.25, 0.3) is 5.91 Å². The lowest BCUT2D eigenvalue weighted by Crippen LogP contribution is -2.45. The van der Waals surface area contributed by atoms with Crippen LogP contribution in [0.15, 0.2) is 24.3 Å². The molecule has 2 heterocycles. The smallest absolute Gasteiger partial charge is 0.255 e. The lowest BCUT2D eigenvalue weighted by atomic mass is 10.0. The minimum absolute atomic E-state index is 0.0534. The molecule has 21 heavy (non-hydrogen) atoms. The Kier molecular flexibility index (Phi) is 3.64. The highest BCUT2D eigenvalue weighted by atomic mass is 16.2. The summed E-state index contributed by atoms with van der Waals surface area (Å²) >= 11 is 0. The molecule has 1 aliphatic rings. The maximum atomic E-state index is 12.7. The molecule has 1 aromatic carbocycles. The van der Waals surface area contributed by atoms with Crippen LogP contribution in [-0.4, -0.2) is 34.9 Å². The van der Waals surface area contributed by atoms with Gasteiger partial charge >= 0.3 is 0 Å². The number of hydrogen-bond acceptors (Lipinski definition) is 3. The number of nitrogens with two attached hydrogens (primary N) is 1. The van der Waals surface area contributed by atoms with Crippen LogP contribution in [0, 0.1) is 13.8 Å². The van der Waals surface area contributed by atoms with Gasteiger partial charge in [-0.3, -0.25) is 9.78 Å². The standard InChI is InChI=1S/C17H21N3O/c1-11-5-6-13-9-15(12(2)19-16(13)8-11)17(21)20-7-3-4-14(18)10-20/h5-6,8-9,14H,3-4,7,10,18H2,1-2H3. The Morgan fingerprint density at radius 1 is 1.33 bits per heavy atom. The van der Waals surface area contributed by atoms with Crippen molar-refractivity contribution < 1.29 is 4.79 Å². The average Bonchev–Trinajstić information content (AvgIpc) is 2.45. The van der Waals surface area contributed by atoms with E-state index in [-0.39, 0.29) is 11.9 Å². The molecule has 1 unspecified atom stereocenters. The zero-order valence-corrected chi connectivity index (χ0v) is 12.6. The van der Waals surface area contributed by atoms with Crippen LogP contribution < -0.4 is 5.73 Å². The number of rotatable bonds is 1. The molecule has 2 N–H and O–H groups in total. The fourth-order valence-electron chi connectivity index (χ4n) is 2.95. The van der Waals surface area contributed by atoms with Crippen molar-refractivity contribution in [3.05, 3.63) is 41.1 Å². The van der Waals surface area contributed by atoms with Crippen molar-refractivity contribution >= 4 is 16.8 Å². The van der Waals surface area contributed by atoms with E-state index < -0.39 is 0 Å².